The third-order valence-electron chi connectivity index (χ3n) is 3.63. The average Bonchev–Trinajstić information content (AvgIpc) is 2.53. The smallest absolute Gasteiger partial charge is 0.241 e. The van der Waals surface area contributed by atoms with Crippen LogP contribution in [0.15, 0.2) is 29.5 Å². The molecule has 1 saturated heterocycles. The molecule has 2 rings (SSSR count). The second-order valence-electron chi connectivity index (χ2n) is 5.34. The Kier molecular flexibility index (Phi) is 5.83. The fraction of sp³-hybridized carbons (Fsp3) is 0.533. The number of nitrogens with one attached hydrogen (secondary N) is 1. The average molecular weight is 289 g/mol. The largest absolute Gasteiger partial charge is 0.304 e. The number of aromatic nitrogens is 1. The Morgan fingerprint density at radius 2 is 2.10 bits per heavy atom. The lowest BCUT2D eigenvalue weighted by atomic mass is 10.3. The third kappa shape index (κ3) is 5.24. The quantitative estimate of drug-likeness (QED) is 0.635. The zero-order chi connectivity index (χ0) is 15.1. The fourth-order valence-corrected chi connectivity index (χ4v) is 2.17. The highest BCUT2D eigenvalue weighted by molar-refractivity contribution is 5.97. The lowest BCUT2D eigenvalue weighted by Crippen LogP contribution is -2.45. The summed E-state index contributed by atoms with van der Waals surface area (Å²) in [6, 6.07) is 5.62. The third-order valence-corrected chi connectivity index (χ3v) is 3.63. The molecule has 6 nitrogen and oxygen atoms in total. The number of carbonyl (C=O) groups excluding carboxylic acids is 1. The van der Waals surface area contributed by atoms with E-state index in [0.717, 1.165) is 38.4 Å². The van der Waals surface area contributed by atoms with Crippen molar-refractivity contribution in [2.24, 2.45) is 5.10 Å². The van der Waals surface area contributed by atoms with E-state index in [0.29, 0.717) is 12.1 Å². The molecule has 0 saturated carbocycles. The molecule has 1 aliphatic rings. The van der Waals surface area contributed by atoms with E-state index in [-0.39, 0.29) is 5.91 Å². The Hall–Kier alpha value is -1.79. The molecule has 1 fully saturated rings. The zero-order valence-electron chi connectivity index (χ0n) is 12.7. The van der Waals surface area contributed by atoms with Crippen LogP contribution in [-0.2, 0) is 4.79 Å². The first-order chi connectivity index (χ1) is 10.1. The Morgan fingerprint density at radius 3 is 2.76 bits per heavy atom. The summed E-state index contributed by atoms with van der Waals surface area (Å²) in [6.07, 6.45) is 2.19. The van der Waals surface area contributed by atoms with E-state index in [4.69, 9.17) is 0 Å². The van der Waals surface area contributed by atoms with Gasteiger partial charge in [-0.05, 0) is 26.1 Å². The molecule has 1 N–H and O–H groups in total. The summed E-state index contributed by atoms with van der Waals surface area (Å²) in [6.45, 7) is 6.82. The summed E-state index contributed by atoms with van der Waals surface area (Å²) in [5.74, 6) is -0.0517. The molecule has 0 radical (unpaired) electrons. The number of rotatable bonds is 5. The van der Waals surface area contributed by atoms with Crippen molar-refractivity contribution in [1.29, 1.82) is 0 Å². The van der Waals surface area contributed by atoms with Gasteiger partial charge in [-0.2, -0.15) is 5.10 Å². The number of likely N-dealkylation sites (N-methyl/N-ethyl adjacent to an activating group) is 1. The van der Waals surface area contributed by atoms with Crippen LogP contribution in [0.4, 0.5) is 0 Å². The van der Waals surface area contributed by atoms with Crippen molar-refractivity contribution >= 4 is 11.6 Å². The van der Waals surface area contributed by atoms with E-state index in [9.17, 15) is 4.79 Å². The van der Waals surface area contributed by atoms with Gasteiger partial charge in [-0.15, -0.1) is 0 Å². The van der Waals surface area contributed by atoms with Crippen LogP contribution in [0.2, 0.25) is 0 Å². The number of amides is 1. The SMILES string of the molecule is C/C(=N/NC(=O)CCN1CCN(C)CC1)c1ccccn1. The van der Waals surface area contributed by atoms with E-state index in [1.165, 1.54) is 0 Å². The highest BCUT2D eigenvalue weighted by Gasteiger charge is 2.14. The van der Waals surface area contributed by atoms with Crippen LogP contribution in [0.25, 0.3) is 0 Å². The molecule has 1 amide bonds. The summed E-state index contributed by atoms with van der Waals surface area (Å²) in [7, 11) is 2.12. The minimum Gasteiger partial charge on any atom is -0.304 e. The van der Waals surface area contributed by atoms with Gasteiger partial charge in [0.25, 0.3) is 0 Å². The number of piperazine rings is 1. The molecule has 1 aromatic heterocycles. The normalized spacial score (nSPS) is 17.7. The second kappa shape index (κ2) is 7.85. The molecule has 114 valence electrons. The van der Waals surface area contributed by atoms with Crippen LogP contribution in [0.1, 0.15) is 19.0 Å². The minimum atomic E-state index is -0.0517. The van der Waals surface area contributed by atoms with Gasteiger partial charge in [-0.3, -0.25) is 9.78 Å². The van der Waals surface area contributed by atoms with Gasteiger partial charge in [0.15, 0.2) is 0 Å². The number of carbonyl (C=O) groups is 1. The molecule has 0 atom stereocenters. The fourth-order valence-electron chi connectivity index (χ4n) is 2.17. The first kappa shape index (κ1) is 15.6. The van der Waals surface area contributed by atoms with Crippen LogP contribution < -0.4 is 5.43 Å². The van der Waals surface area contributed by atoms with Gasteiger partial charge in [0.2, 0.25) is 5.91 Å². The van der Waals surface area contributed by atoms with Crippen LogP contribution in [-0.4, -0.2) is 66.2 Å². The summed E-state index contributed by atoms with van der Waals surface area (Å²) < 4.78 is 0. The lowest BCUT2D eigenvalue weighted by molar-refractivity contribution is -0.121. The predicted molar refractivity (Wildman–Crippen MR) is 83.1 cm³/mol. The number of hydrogen-bond donors (Lipinski definition) is 1. The molecular weight excluding hydrogens is 266 g/mol. The van der Waals surface area contributed by atoms with E-state index in [2.05, 4.69) is 32.4 Å². The molecular formula is C15H23N5O. The highest BCUT2D eigenvalue weighted by Crippen LogP contribution is 2.00. The first-order valence-electron chi connectivity index (χ1n) is 7.30. The van der Waals surface area contributed by atoms with Crippen molar-refractivity contribution in [2.75, 3.05) is 39.8 Å². The number of hydrazone groups is 1. The van der Waals surface area contributed by atoms with Gasteiger partial charge in [0.05, 0.1) is 11.4 Å². The molecule has 1 aromatic rings. The van der Waals surface area contributed by atoms with E-state index >= 15 is 0 Å². The molecule has 6 heteroatoms. The molecule has 0 aromatic carbocycles. The van der Waals surface area contributed by atoms with E-state index in [1.54, 1.807) is 6.20 Å². The van der Waals surface area contributed by atoms with Crippen LogP contribution >= 0.6 is 0 Å². The van der Waals surface area contributed by atoms with E-state index < -0.39 is 0 Å². The van der Waals surface area contributed by atoms with Gasteiger partial charge >= 0.3 is 0 Å². The number of hydrogen-bond acceptors (Lipinski definition) is 5. The number of pyridine rings is 1. The van der Waals surface area contributed by atoms with E-state index in [1.807, 2.05) is 25.1 Å². The molecule has 0 bridgehead atoms. The zero-order valence-corrected chi connectivity index (χ0v) is 12.7. The maximum atomic E-state index is 11.8. The molecule has 0 aliphatic carbocycles. The summed E-state index contributed by atoms with van der Waals surface area (Å²) >= 11 is 0. The van der Waals surface area contributed by atoms with Crippen molar-refractivity contribution in [3.63, 3.8) is 0 Å². The maximum absolute atomic E-state index is 11.8. The summed E-state index contributed by atoms with van der Waals surface area (Å²) in [5, 5.41) is 4.10. The lowest BCUT2D eigenvalue weighted by Gasteiger charge is -2.32. The van der Waals surface area contributed by atoms with Crippen LogP contribution in [0, 0.1) is 0 Å². The topological polar surface area (TPSA) is 60.8 Å². The van der Waals surface area contributed by atoms with Crippen LogP contribution in [0.3, 0.4) is 0 Å². The van der Waals surface area contributed by atoms with Gasteiger partial charge in [0, 0.05) is 45.3 Å². The van der Waals surface area contributed by atoms with Crippen molar-refractivity contribution < 1.29 is 4.79 Å². The van der Waals surface area contributed by atoms with Crippen molar-refractivity contribution in [3.05, 3.63) is 30.1 Å². The Balaban J connectivity index is 1.72. The Morgan fingerprint density at radius 1 is 1.33 bits per heavy atom. The van der Waals surface area contributed by atoms with Gasteiger partial charge in [-0.25, -0.2) is 5.43 Å². The highest BCUT2D eigenvalue weighted by atomic mass is 16.2. The Bertz CT molecular complexity index is 480. The molecule has 2 heterocycles. The molecule has 21 heavy (non-hydrogen) atoms. The van der Waals surface area contributed by atoms with Crippen molar-refractivity contribution in [3.8, 4) is 0 Å². The summed E-state index contributed by atoms with van der Waals surface area (Å²) in [5.41, 5.74) is 4.09. The Labute approximate surface area is 125 Å². The van der Waals surface area contributed by atoms with Gasteiger partial charge in [0.1, 0.15) is 0 Å². The monoisotopic (exact) mass is 289 g/mol. The van der Waals surface area contributed by atoms with Gasteiger partial charge < -0.3 is 9.80 Å². The molecule has 0 spiro atoms. The molecule has 1 aliphatic heterocycles. The van der Waals surface area contributed by atoms with Crippen LogP contribution in [0.5, 0.6) is 0 Å². The molecule has 0 unspecified atom stereocenters. The second-order valence-corrected chi connectivity index (χ2v) is 5.34. The maximum Gasteiger partial charge on any atom is 0.241 e. The number of nitrogens with zero attached hydrogens (tertiary/aromatic N) is 4. The van der Waals surface area contributed by atoms with Crippen molar-refractivity contribution in [2.45, 2.75) is 13.3 Å². The van der Waals surface area contributed by atoms with Gasteiger partial charge in [-0.1, -0.05) is 6.07 Å². The predicted octanol–water partition coefficient (Wildman–Crippen LogP) is 0.559. The minimum absolute atomic E-state index is 0.0517. The standard InChI is InChI=1S/C15H23N5O/c1-13(14-5-3-4-7-16-14)17-18-15(21)6-8-20-11-9-19(2)10-12-20/h3-5,7H,6,8-12H2,1-2H3,(H,18,21)/b17-13-. The first-order valence-corrected chi connectivity index (χ1v) is 7.30. The summed E-state index contributed by atoms with van der Waals surface area (Å²) in [4.78, 5) is 20.6. The van der Waals surface area contributed by atoms with Crippen molar-refractivity contribution in [1.82, 2.24) is 20.2 Å².